The predicted octanol–water partition coefficient (Wildman–Crippen LogP) is 3.45. The van der Waals surface area contributed by atoms with E-state index in [1.165, 1.54) is 6.42 Å². The van der Waals surface area contributed by atoms with E-state index in [1.54, 1.807) is 0 Å². The quantitative estimate of drug-likeness (QED) is 0.936. The number of nitrogens with zero attached hydrogens (tertiary/aromatic N) is 3. The highest BCUT2D eigenvalue weighted by Crippen LogP contribution is 2.36. The van der Waals surface area contributed by atoms with Gasteiger partial charge in [0.2, 0.25) is 11.9 Å². The molecular formula is C16H22N4O. The van der Waals surface area contributed by atoms with Crippen molar-refractivity contribution in [1.82, 2.24) is 14.5 Å². The highest BCUT2D eigenvalue weighted by molar-refractivity contribution is 5.92. The molecule has 1 N–H and O–H groups in total. The molecule has 2 aromatic rings. The maximum absolute atomic E-state index is 12.2. The molecule has 0 aromatic carbocycles. The molecule has 0 spiro atoms. The average molecular weight is 286 g/mol. The van der Waals surface area contributed by atoms with Gasteiger partial charge in [-0.05, 0) is 44.7 Å². The summed E-state index contributed by atoms with van der Waals surface area (Å²) in [5, 5.41) is 2.99. The van der Waals surface area contributed by atoms with Gasteiger partial charge in [0.05, 0.1) is 0 Å². The second-order valence-corrected chi connectivity index (χ2v) is 5.98. The van der Waals surface area contributed by atoms with Gasteiger partial charge in [0.25, 0.3) is 0 Å². The molecule has 5 heteroatoms. The second-order valence-electron chi connectivity index (χ2n) is 5.98. The molecule has 0 radical (unpaired) electrons. The highest BCUT2D eigenvalue weighted by Gasteiger charge is 2.26. The van der Waals surface area contributed by atoms with Gasteiger partial charge < -0.3 is 0 Å². The van der Waals surface area contributed by atoms with Crippen molar-refractivity contribution in [3.63, 3.8) is 0 Å². The lowest BCUT2D eigenvalue weighted by Crippen LogP contribution is -2.25. The van der Waals surface area contributed by atoms with Crippen LogP contribution in [0.25, 0.3) is 11.2 Å². The molecule has 1 aliphatic rings. The van der Waals surface area contributed by atoms with Crippen LogP contribution in [-0.2, 0) is 4.79 Å². The fraction of sp³-hybridized carbons (Fsp3) is 0.562. The van der Waals surface area contributed by atoms with Crippen molar-refractivity contribution < 1.29 is 4.79 Å². The molecule has 0 unspecified atom stereocenters. The third-order valence-corrected chi connectivity index (χ3v) is 4.41. The molecule has 112 valence electrons. The predicted molar refractivity (Wildman–Crippen MR) is 83.2 cm³/mol. The Morgan fingerprint density at radius 2 is 2.19 bits per heavy atom. The maximum atomic E-state index is 12.2. The summed E-state index contributed by atoms with van der Waals surface area (Å²) >= 11 is 0. The number of fused-ring (bicyclic) bond motifs is 1. The zero-order valence-corrected chi connectivity index (χ0v) is 12.9. The smallest absolute Gasteiger partial charge is 0.229 e. The number of carbonyl (C=O) groups is 1. The Labute approximate surface area is 124 Å². The van der Waals surface area contributed by atoms with E-state index in [0.717, 1.165) is 36.1 Å². The number of pyridine rings is 1. The van der Waals surface area contributed by atoms with E-state index in [-0.39, 0.29) is 11.8 Å². The van der Waals surface area contributed by atoms with E-state index >= 15 is 0 Å². The third kappa shape index (κ3) is 2.52. The number of imidazole rings is 1. The van der Waals surface area contributed by atoms with Crippen LogP contribution in [0, 0.1) is 12.8 Å². The molecule has 2 aromatic heterocycles. The first-order chi connectivity index (χ1) is 10.1. The van der Waals surface area contributed by atoms with Crippen molar-refractivity contribution in [1.29, 1.82) is 0 Å². The number of rotatable bonds is 4. The van der Waals surface area contributed by atoms with Crippen molar-refractivity contribution in [2.75, 3.05) is 5.32 Å². The first-order valence-corrected chi connectivity index (χ1v) is 7.76. The maximum Gasteiger partial charge on any atom is 0.229 e. The van der Waals surface area contributed by atoms with Gasteiger partial charge in [-0.15, -0.1) is 0 Å². The molecule has 0 saturated heterocycles. The van der Waals surface area contributed by atoms with Crippen LogP contribution < -0.4 is 5.32 Å². The van der Waals surface area contributed by atoms with Crippen LogP contribution >= 0.6 is 0 Å². The van der Waals surface area contributed by atoms with E-state index in [9.17, 15) is 4.79 Å². The lowest BCUT2D eigenvalue weighted by atomic mass is 9.93. The standard InChI is InChI=1S/C16H22N4O/c1-4-10(2)15(21)19-16-18-13-9-8-11(3)17-14(13)20(16)12-6-5-7-12/h8-10,12H,4-7H2,1-3H3,(H,18,19,21)/t10-/m1/s1. The summed E-state index contributed by atoms with van der Waals surface area (Å²) in [4.78, 5) is 21.4. The van der Waals surface area contributed by atoms with Crippen LogP contribution in [0.1, 0.15) is 51.3 Å². The number of nitrogens with one attached hydrogen (secondary N) is 1. The van der Waals surface area contributed by atoms with Crippen LogP contribution in [0.4, 0.5) is 5.95 Å². The number of amides is 1. The third-order valence-electron chi connectivity index (χ3n) is 4.41. The Hall–Kier alpha value is -1.91. The van der Waals surface area contributed by atoms with Gasteiger partial charge in [0.15, 0.2) is 5.65 Å². The summed E-state index contributed by atoms with van der Waals surface area (Å²) in [6.07, 6.45) is 4.32. The molecule has 1 saturated carbocycles. The summed E-state index contributed by atoms with van der Waals surface area (Å²) < 4.78 is 2.12. The number of carbonyl (C=O) groups excluding carboxylic acids is 1. The molecule has 1 aliphatic carbocycles. The number of aromatic nitrogens is 3. The van der Waals surface area contributed by atoms with Gasteiger partial charge in [-0.3, -0.25) is 14.7 Å². The fourth-order valence-electron chi connectivity index (χ4n) is 2.57. The van der Waals surface area contributed by atoms with Crippen molar-refractivity contribution in [2.24, 2.45) is 5.92 Å². The highest BCUT2D eigenvalue weighted by atomic mass is 16.2. The van der Waals surface area contributed by atoms with Gasteiger partial charge in [-0.2, -0.15) is 0 Å². The molecule has 1 amide bonds. The summed E-state index contributed by atoms with van der Waals surface area (Å²) in [7, 11) is 0. The minimum atomic E-state index is -0.00523. The zero-order valence-electron chi connectivity index (χ0n) is 12.9. The first kappa shape index (κ1) is 14.0. The molecule has 0 aliphatic heterocycles. The Morgan fingerprint density at radius 1 is 1.43 bits per heavy atom. The van der Waals surface area contributed by atoms with Gasteiger partial charge in [-0.1, -0.05) is 13.8 Å². The Kier molecular flexibility index (Phi) is 3.66. The molecule has 1 fully saturated rings. The number of hydrogen-bond donors (Lipinski definition) is 1. The lowest BCUT2D eigenvalue weighted by molar-refractivity contribution is -0.119. The van der Waals surface area contributed by atoms with E-state index in [4.69, 9.17) is 0 Å². The first-order valence-electron chi connectivity index (χ1n) is 7.76. The fourth-order valence-corrected chi connectivity index (χ4v) is 2.57. The Morgan fingerprint density at radius 3 is 2.81 bits per heavy atom. The zero-order chi connectivity index (χ0) is 15.0. The number of hydrogen-bond acceptors (Lipinski definition) is 3. The van der Waals surface area contributed by atoms with Gasteiger partial charge in [0.1, 0.15) is 5.52 Å². The van der Waals surface area contributed by atoms with Crippen LogP contribution in [0.2, 0.25) is 0 Å². The number of aryl methyl sites for hydroxylation is 1. The topological polar surface area (TPSA) is 59.8 Å². The van der Waals surface area contributed by atoms with Gasteiger partial charge >= 0.3 is 0 Å². The average Bonchev–Trinajstić information content (AvgIpc) is 2.74. The van der Waals surface area contributed by atoms with E-state index < -0.39 is 0 Å². The van der Waals surface area contributed by atoms with Crippen LogP contribution in [0.5, 0.6) is 0 Å². The molecule has 21 heavy (non-hydrogen) atoms. The SMILES string of the molecule is CC[C@@H](C)C(=O)Nc1nc2ccc(C)nc2n1C1CCC1. The van der Waals surface area contributed by atoms with Crippen molar-refractivity contribution in [3.05, 3.63) is 17.8 Å². The molecule has 0 bridgehead atoms. The largest absolute Gasteiger partial charge is 0.296 e. The van der Waals surface area contributed by atoms with Crippen LogP contribution in [0.15, 0.2) is 12.1 Å². The Balaban J connectivity index is 2.02. The Bertz CT molecular complexity index is 672. The lowest BCUT2D eigenvalue weighted by Gasteiger charge is -2.28. The molecule has 5 nitrogen and oxygen atoms in total. The molecule has 2 heterocycles. The number of anilines is 1. The summed E-state index contributed by atoms with van der Waals surface area (Å²) in [5.41, 5.74) is 2.72. The summed E-state index contributed by atoms with van der Waals surface area (Å²) in [5.74, 6) is 0.678. The van der Waals surface area contributed by atoms with E-state index in [2.05, 4.69) is 19.9 Å². The van der Waals surface area contributed by atoms with Gasteiger partial charge in [0, 0.05) is 17.7 Å². The van der Waals surface area contributed by atoms with Crippen LogP contribution in [-0.4, -0.2) is 20.4 Å². The second kappa shape index (κ2) is 5.47. The monoisotopic (exact) mass is 286 g/mol. The summed E-state index contributed by atoms with van der Waals surface area (Å²) in [6, 6.07) is 4.35. The molecule has 3 rings (SSSR count). The summed E-state index contributed by atoms with van der Waals surface area (Å²) in [6.45, 7) is 5.94. The minimum absolute atomic E-state index is 0.00523. The van der Waals surface area contributed by atoms with Crippen molar-refractivity contribution >= 4 is 23.0 Å². The molecular weight excluding hydrogens is 264 g/mol. The van der Waals surface area contributed by atoms with Crippen molar-refractivity contribution in [3.8, 4) is 0 Å². The minimum Gasteiger partial charge on any atom is -0.296 e. The van der Waals surface area contributed by atoms with Gasteiger partial charge in [-0.25, -0.2) is 9.97 Å². The van der Waals surface area contributed by atoms with Crippen molar-refractivity contribution in [2.45, 2.75) is 52.5 Å². The van der Waals surface area contributed by atoms with E-state index in [0.29, 0.717) is 12.0 Å². The normalized spacial score (nSPS) is 16.7. The molecule has 1 atom stereocenters. The van der Waals surface area contributed by atoms with E-state index in [1.807, 2.05) is 32.9 Å². The van der Waals surface area contributed by atoms with Crippen LogP contribution in [0.3, 0.4) is 0 Å².